The van der Waals surface area contributed by atoms with Gasteiger partial charge in [-0.05, 0) is 36.8 Å². The van der Waals surface area contributed by atoms with Gasteiger partial charge >= 0.3 is 5.97 Å². The lowest BCUT2D eigenvalue weighted by Gasteiger charge is -2.10. The van der Waals surface area contributed by atoms with Gasteiger partial charge in [0.05, 0.1) is 19.4 Å². The molecule has 30 heavy (non-hydrogen) atoms. The minimum atomic E-state index is -0.452. The molecule has 2 aromatic heterocycles. The number of hydrogen-bond acceptors (Lipinski definition) is 7. The van der Waals surface area contributed by atoms with Gasteiger partial charge in [-0.3, -0.25) is 0 Å². The van der Waals surface area contributed by atoms with Crippen molar-refractivity contribution < 1.29 is 14.3 Å². The molecule has 0 saturated carbocycles. The molecule has 0 unspecified atom stereocenters. The van der Waals surface area contributed by atoms with Crippen molar-refractivity contribution in [2.75, 3.05) is 13.7 Å². The number of ether oxygens (including phenoxy) is 2. The van der Waals surface area contributed by atoms with Crippen molar-refractivity contribution >= 4 is 23.5 Å². The Bertz CT molecular complexity index is 1160. The molecule has 7 nitrogen and oxygen atoms in total. The van der Waals surface area contributed by atoms with Gasteiger partial charge in [0.2, 0.25) is 5.16 Å². The number of carbonyl (C=O) groups is 1. The van der Waals surface area contributed by atoms with Gasteiger partial charge in [0.25, 0.3) is 5.78 Å². The molecule has 0 fully saturated rings. The van der Waals surface area contributed by atoms with E-state index in [2.05, 4.69) is 27.2 Å². The molecule has 2 aromatic carbocycles. The second-order valence-electron chi connectivity index (χ2n) is 6.35. The number of fused-ring (bicyclic) bond motifs is 1. The highest BCUT2D eigenvalue weighted by atomic mass is 32.2. The maximum atomic E-state index is 12.6. The second-order valence-corrected chi connectivity index (χ2v) is 7.29. The first kappa shape index (κ1) is 19.9. The summed E-state index contributed by atoms with van der Waals surface area (Å²) in [5.74, 6) is 1.43. The number of nitrogens with zero attached hydrogens (tertiary/aromatic N) is 4. The summed E-state index contributed by atoms with van der Waals surface area (Å²) in [6.07, 6.45) is 1.49. The van der Waals surface area contributed by atoms with Crippen LogP contribution in [-0.2, 0) is 10.5 Å². The van der Waals surface area contributed by atoms with Gasteiger partial charge in [-0.2, -0.15) is 9.50 Å². The normalized spacial score (nSPS) is 10.9. The number of hydrogen-bond donors (Lipinski definition) is 0. The number of methoxy groups -OCH3 is 1. The van der Waals surface area contributed by atoms with Crippen molar-refractivity contribution in [2.45, 2.75) is 17.8 Å². The molecule has 0 spiro atoms. The van der Waals surface area contributed by atoms with E-state index in [1.807, 2.05) is 42.5 Å². The summed E-state index contributed by atoms with van der Waals surface area (Å²) in [5, 5.41) is 5.20. The lowest BCUT2D eigenvalue weighted by atomic mass is 10.1. The minimum Gasteiger partial charge on any atom is -0.497 e. The first-order chi connectivity index (χ1) is 14.7. The molecule has 0 radical (unpaired) electrons. The summed E-state index contributed by atoms with van der Waals surface area (Å²) < 4.78 is 12.1. The Balaban J connectivity index is 1.76. The van der Waals surface area contributed by atoms with Crippen molar-refractivity contribution in [1.29, 1.82) is 0 Å². The van der Waals surface area contributed by atoms with Gasteiger partial charge in [-0.15, -0.1) is 5.10 Å². The first-order valence-electron chi connectivity index (χ1n) is 9.43. The molecular weight excluding hydrogens is 400 g/mol. The summed E-state index contributed by atoms with van der Waals surface area (Å²) in [6.45, 7) is 2.04. The SMILES string of the molecule is CCOC(=O)c1cnc2nc(SCc3ccccc3)nn2c1-c1ccc(OC)cc1. The highest BCUT2D eigenvalue weighted by Crippen LogP contribution is 2.28. The van der Waals surface area contributed by atoms with E-state index < -0.39 is 5.97 Å². The van der Waals surface area contributed by atoms with Gasteiger partial charge in [-0.1, -0.05) is 42.1 Å². The summed E-state index contributed by atoms with van der Waals surface area (Å²) in [4.78, 5) is 21.4. The number of rotatable bonds is 7. The number of aromatic nitrogens is 4. The van der Waals surface area contributed by atoms with Crippen LogP contribution < -0.4 is 4.74 Å². The van der Waals surface area contributed by atoms with E-state index in [-0.39, 0.29) is 6.61 Å². The van der Waals surface area contributed by atoms with Crippen LogP contribution in [0.25, 0.3) is 17.0 Å². The average Bonchev–Trinajstić information content (AvgIpc) is 3.21. The molecule has 0 atom stereocenters. The van der Waals surface area contributed by atoms with Gasteiger partial charge in [0, 0.05) is 17.5 Å². The third kappa shape index (κ3) is 4.13. The van der Waals surface area contributed by atoms with Crippen LogP contribution >= 0.6 is 11.8 Å². The van der Waals surface area contributed by atoms with E-state index in [9.17, 15) is 4.79 Å². The summed E-state index contributed by atoms with van der Waals surface area (Å²) >= 11 is 1.51. The molecule has 0 N–H and O–H groups in total. The lowest BCUT2D eigenvalue weighted by Crippen LogP contribution is -2.11. The maximum Gasteiger partial charge on any atom is 0.341 e. The fourth-order valence-corrected chi connectivity index (χ4v) is 3.76. The fourth-order valence-electron chi connectivity index (χ4n) is 2.98. The maximum absolute atomic E-state index is 12.6. The van der Waals surface area contributed by atoms with Gasteiger partial charge in [0.15, 0.2) is 0 Å². The molecule has 0 aliphatic heterocycles. The Kier molecular flexibility index (Phi) is 5.94. The van der Waals surface area contributed by atoms with Crippen LogP contribution in [0.15, 0.2) is 66.0 Å². The zero-order valence-electron chi connectivity index (χ0n) is 16.6. The molecular formula is C22H20N4O3S. The minimum absolute atomic E-state index is 0.272. The highest BCUT2D eigenvalue weighted by molar-refractivity contribution is 7.98. The Morgan fingerprint density at radius 2 is 1.87 bits per heavy atom. The van der Waals surface area contributed by atoms with Crippen LogP contribution in [0, 0.1) is 0 Å². The second kappa shape index (κ2) is 8.96. The Labute approximate surface area is 178 Å². The molecule has 0 amide bonds. The fraction of sp³-hybridized carbons (Fsp3) is 0.182. The molecule has 152 valence electrons. The largest absolute Gasteiger partial charge is 0.497 e. The molecule has 0 aliphatic carbocycles. The zero-order chi connectivity index (χ0) is 20.9. The van der Waals surface area contributed by atoms with Crippen molar-refractivity contribution in [3.05, 3.63) is 71.9 Å². The van der Waals surface area contributed by atoms with Gasteiger partial charge < -0.3 is 9.47 Å². The monoisotopic (exact) mass is 420 g/mol. The number of thioether (sulfide) groups is 1. The Morgan fingerprint density at radius 3 is 2.57 bits per heavy atom. The standard InChI is InChI=1S/C22H20N4O3S/c1-3-29-20(27)18-13-23-21-24-22(30-14-15-7-5-4-6-8-15)25-26(21)19(18)16-9-11-17(28-2)12-10-16/h4-13H,3,14H2,1-2H3. The van der Waals surface area contributed by atoms with Gasteiger partial charge in [-0.25, -0.2) is 9.78 Å². The van der Waals surface area contributed by atoms with Crippen LogP contribution in [0.3, 0.4) is 0 Å². The molecule has 2 heterocycles. The topological polar surface area (TPSA) is 78.6 Å². The molecule has 0 bridgehead atoms. The van der Waals surface area contributed by atoms with Crippen molar-refractivity contribution in [3.8, 4) is 17.0 Å². The number of esters is 1. The molecule has 0 aliphatic rings. The van der Waals surface area contributed by atoms with E-state index in [1.165, 1.54) is 23.5 Å². The van der Waals surface area contributed by atoms with Crippen LogP contribution in [0.1, 0.15) is 22.8 Å². The smallest absolute Gasteiger partial charge is 0.341 e. The van der Waals surface area contributed by atoms with Crippen LogP contribution in [0.5, 0.6) is 5.75 Å². The highest BCUT2D eigenvalue weighted by Gasteiger charge is 2.21. The summed E-state index contributed by atoms with van der Waals surface area (Å²) in [6, 6.07) is 17.5. The molecule has 0 saturated heterocycles. The van der Waals surface area contributed by atoms with E-state index in [0.717, 1.165) is 17.1 Å². The molecule has 8 heteroatoms. The quantitative estimate of drug-likeness (QED) is 0.326. The van der Waals surface area contributed by atoms with Crippen LogP contribution in [0.4, 0.5) is 0 Å². The lowest BCUT2D eigenvalue weighted by molar-refractivity contribution is 0.0526. The van der Waals surface area contributed by atoms with Crippen LogP contribution in [0.2, 0.25) is 0 Å². The number of benzene rings is 2. The Morgan fingerprint density at radius 1 is 1.10 bits per heavy atom. The van der Waals surface area contributed by atoms with Crippen molar-refractivity contribution in [1.82, 2.24) is 19.6 Å². The van der Waals surface area contributed by atoms with E-state index in [0.29, 0.717) is 22.2 Å². The van der Waals surface area contributed by atoms with E-state index >= 15 is 0 Å². The third-order valence-corrected chi connectivity index (χ3v) is 5.33. The van der Waals surface area contributed by atoms with Crippen molar-refractivity contribution in [3.63, 3.8) is 0 Å². The molecule has 4 aromatic rings. The Hall–Kier alpha value is -3.39. The predicted molar refractivity (Wildman–Crippen MR) is 115 cm³/mol. The van der Waals surface area contributed by atoms with Crippen LogP contribution in [-0.4, -0.2) is 39.3 Å². The average molecular weight is 420 g/mol. The molecule has 4 rings (SSSR count). The predicted octanol–water partition coefficient (Wildman–Crippen LogP) is 4.27. The zero-order valence-corrected chi connectivity index (χ0v) is 17.4. The summed E-state index contributed by atoms with van der Waals surface area (Å²) in [5.41, 5.74) is 2.88. The third-order valence-electron chi connectivity index (χ3n) is 4.42. The number of carbonyl (C=O) groups excluding carboxylic acids is 1. The first-order valence-corrected chi connectivity index (χ1v) is 10.4. The van der Waals surface area contributed by atoms with Gasteiger partial charge in [0.1, 0.15) is 11.3 Å². The van der Waals surface area contributed by atoms with E-state index in [4.69, 9.17) is 9.47 Å². The summed E-state index contributed by atoms with van der Waals surface area (Å²) in [7, 11) is 1.61. The van der Waals surface area contributed by atoms with E-state index in [1.54, 1.807) is 18.5 Å². The van der Waals surface area contributed by atoms with Crippen molar-refractivity contribution in [2.24, 2.45) is 0 Å².